The highest BCUT2D eigenvalue weighted by Crippen LogP contribution is 2.23. The Labute approximate surface area is 191 Å². The quantitative estimate of drug-likeness (QED) is 0.254. The number of halogens is 2. The zero-order valence-electron chi connectivity index (χ0n) is 16.3. The van der Waals surface area contributed by atoms with Crippen LogP contribution in [-0.2, 0) is 6.54 Å². The fraction of sp³-hybridized carbons (Fsp3) is 0.238. The molecule has 0 aliphatic rings. The van der Waals surface area contributed by atoms with Gasteiger partial charge in [-0.25, -0.2) is 9.37 Å². The van der Waals surface area contributed by atoms with Crippen molar-refractivity contribution in [2.75, 3.05) is 13.6 Å². The lowest BCUT2D eigenvalue weighted by atomic mass is 10.1. The molecule has 0 fully saturated rings. The van der Waals surface area contributed by atoms with Crippen molar-refractivity contribution < 1.29 is 9.13 Å². The molecule has 3 aromatic rings. The second-order valence-corrected chi connectivity index (χ2v) is 7.07. The van der Waals surface area contributed by atoms with Gasteiger partial charge >= 0.3 is 0 Å². The van der Waals surface area contributed by atoms with E-state index in [4.69, 9.17) is 4.74 Å². The van der Waals surface area contributed by atoms with Gasteiger partial charge in [0.15, 0.2) is 5.96 Å². The summed E-state index contributed by atoms with van der Waals surface area (Å²) in [6.45, 7) is 3.43. The number of aliphatic imine (C=N–C) groups is 1. The first-order valence-electron chi connectivity index (χ1n) is 8.99. The maximum absolute atomic E-state index is 13.4. The van der Waals surface area contributed by atoms with Crippen LogP contribution in [0.2, 0.25) is 0 Å². The molecular formula is C21H24FIN4OS. The second kappa shape index (κ2) is 11.7. The third-order valence-electron chi connectivity index (χ3n) is 4.22. The van der Waals surface area contributed by atoms with Gasteiger partial charge in [-0.1, -0.05) is 19.1 Å². The smallest absolute Gasteiger partial charge is 0.224 e. The Morgan fingerprint density at radius 1 is 1.24 bits per heavy atom. The van der Waals surface area contributed by atoms with Crippen LogP contribution < -0.4 is 15.4 Å². The summed E-state index contributed by atoms with van der Waals surface area (Å²) in [4.78, 5) is 8.54. The van der Waals surface area contributed by atoms with E-state index >= 15 is 0 Å². The number of guanidine groups is 1. The van der Waals surface area contributed by atoms with E-state index in [1.54, 1.807) is 36.7 Å². The summed E-state index contributed by atoms with van der Waals surface area (Å²) in [5.41, 5.74) is 2.16. The molecule has 2 aromatic heterocycles. The molecule has 0 aliphatic heterocycles. The summed E-state index contributed by atoms with van der Waals surface area (Å²) >= 11 is 1.70. The van der Waals surface area contributed by atoms with Gasteiger partial charge in [-0.05, 0) is 46.5 Å². The van der Waals surface area contributed by atoms with Crippen LogP contribution in [0, 0.1) is 5.82 Å². The van der Waals surface area contributed by atoms with Gasteiger partial charge in [0.25, 0.3) is 0 Å². The molecule has 0 saturated carbocycles. The van der Waals surface area contributed by atoms with Gasteiger partial charge in [0.1, 0.15) is 11.6 Å². The number of ether oxygens (including phenoxy) is 1. The zero-order valence-corrected chi connectivity index (χ0v) is 19.4. The summed E-state index contributed by atoms with van der Waals surface area (Å²) in [6.07, 6.45) is 1.65. The molecule has 2 heterocycles. The number of nitrogens with zero attached hydrogens (tertiary/aromatic N) is 2. The summed E-state index contributed by atoms with van der Waals surface area (Å²) in [6, 6.07) is 11.9. The van der Waals surface area contributed by atoms with Crippen molar-refractivity contribution in [3.63, 3.8) is 0 Å². The minimum Gasteiger partial charge on any atom is -0.439 e. The minimum absolute atomic E-state index is 0. The van der Waals surface area contributed by atoms with Crippen molar-refractivity contribution in [2.24, 2.45) is 4.99 Å². The Balaban J connectivity index is 0.00000300. The fourth-order valence-corrected chi connectivity index (χ4v) is 3.40. The van der Waals surface area contributed by atoms with Gasteiger partial charge in [-0.3, -0.25) is 4.99 Å². The van der Waals surface area contributed by atoms with E-state index in [1.807, 2.05) is 12.1 Å². The number of nitrogens with one attached hydrogen (secondary N) is 2. The fourth-order valence-electron chi connectivity index (χ4n) is 2.62. The Morgan fingerprint density at radius 3 is 2.83 bits per heavy atom. The molecule has 5 nitrogen and oxygen atoms in total. The molecule has 1 atom stereocenters. The van der Waals surface area contributed by atoms with E-state index in [0.717, 1.165) is 12.1 Å². The second-order valence-electron chi connectivity index (χ2n) is 6.29. The molecule has 0 bridgehead atoms. The van der Waals surface area contributed by atoms with Gasteiger partial charge in [-0.2, -0.15) is 11.3 Å². The van der Waals surface area contributed by atoms with Crippen molar-refractivity contribution in [2.45, 2.75) is 19.4 Å². The topological polar surface area (TPSA) is 58.5 Å². The van der Waals surface area contributed by atoms with Crippen LogP contribution in [0.25, 0.3) is 0 Å². The van der Waals surface area contributed by atoms with Crippen molar-refractivity contribution in [1.82, 2.24) is 15.6 Å². The lowest BCUT2D eigenvalue weighted by Crippen LogP contribution is -2.38. The molecule has 0 aliphatic carbocycles. The minimum atomic E-state index is -0.350. The van der Waals surface area contributed by atoms with Crippen molar-refractivity contribution >= 4 is 41.3 Å². The van der Waals surface area contributed by atoms with Gasteiger partial charge in [0, 0.05) is 38.0 Å². The van der Waals surface area contributed by atoms with Gasteiger partial charge in [-0.15, -0.1) is 24.0 Å². The Hall–Kier alpha value is -2.20. The summed E-state index contributed by atoms with van der Waals surface area (Å²) in [5.74, 6) is 1.57. The molecule has 3 rings (SSSR count). The number of pyridine rings is 1. The molecule has 29 heavy (non-hydrogen) atoms. The number of aromatic nitrogens is 1. The molecule has 1 unspecified atom stereocenters. The van der Waals surface area contributed by atoms with Crippen molar-refractivity contribution in [3.8, 4) is 11.6 Å². The number of rotatable bonds is 7. The van der Waals surface area contributed by atoms with E-state index in [9.17, 15) is 4.39 Å². The predicted octanol–water partition coefficient (Wildman–Crippen LogP) is 5.16. The number of hydrogen-bond acceptors (Lipinski definition) is 4. The first-order chi connectivity index (χ1) is 13.7. The van der Waals surface area contributed by atoms with E-state index in [0.29, 0.717) is 30.1 Å². The highest BCUT2D eigenvalue weighted by atomic mass is 127. The van der Waals surface area contributed by atoms with E-state index in [1.165, 1.54) is 17.7 Å². The monoisotopic (exact) mass is 526 g/mol. The predicted molar refractivity (Wildman–Crippen MR) is 127 cm³/mol. The number of thiophene rings is 1. The molecular weight excluding hydrogens is 502 g/mol. The third kappa shape index (κ3) is 6.97. The standard InChI is InChI=1S/C21H23FN4OS.HI/c1-15(17-8-10-28-14-17)12-25-21(23-2)26-13-16-5-4-9-24-20(16)27-19-7-3-6-18(22)11-19;/h3-11,14-15H,12-13H2,1-2H3,(H2,23,25,26);1H. The van der Waals surface area contributed by atoms with E-state index in [2.05, 4.69) is 44.4 Å². The lowest BCUT2D eigenvalue weighted by Gasteiger charge is -2.16. The molecule has 1 aromatic carbocycles. The van der Waals surface area contributed by atoms with Gasteiger partial charge in [0.05, 0.1) is 0 Å². The Morgan fingerprint density at radius 2 is 2.10 bits per heavy atom. The lowest BCUT2D eigenvalue weighted by molar-refractivity contribution is 0.450. The Kier molecular flexibility index (Phi) is 9.33. The van der Waals surface area contributed by atoms with Crippen LogP contribution in [0.3, 0.4) is 0 Å². The average Bonchev–Trinajstić information content (AvgIpc) is 3.24. The molecule has 0 spiro atoms. The number of benzene rings is 1. The highest BCUT2D eigenvalue weighted by molar-refractivity contribution is 14.0. The molecule has 0 radical (unpaired) electrons. The van der Waals surface area contributed by atoms with Crippen LogP contribution in [-0.4, -0.2) is 24.5 Å². The number of hydrogen-bond donors (Lipinski definition) is 2. The Bertz CT molecular complexity index is 921. The SMILES string of the molecule is CN=C(NCc1cccnc1Oc1cccc(F)c1)NCC(C)c1ccsc1.I. The summed E-state index contributed by atoms with van der Waals surface area (Å²) in [5, 5.41) is 10.9. The third-order valence-corrected chi connectivity index (χ3v) is 4.92. The molecule has 0 saturated heterocycles. The zero-order chi connectivity index (χ0) is 19.8. The molecule has 154 valence electrons. The molecule has 2 N–H and O–H groups in total. The van der Waals surface area contributed by atoms with E-state index < -0.39 is 0 Å². The maximum atomic E-state index is 13.4. The van der Waals surface area contributed by atoms with Crippen LogP contribution >= 0.6 is 35.3 Å². The molecule has 8 heteroatoms. The first-order valence-corrected chi connectivity index (χ1v) is 9.94. The largest absolute Gasteiger partial charge is 0.439 e. The van der Waals surface area contributed by atoms with Crippen LogP contribution in [0.15, 0.2) is 64.4 Å². The highest BCUT2D eigenvalue weighted by Gasteiger charge is 2.10. The summed E-state index contributed by atoms with van der Waals surface area (Å²) in [7, 11) is 1.73. The van der Waals surface area contributed by atoms with E-state index in [-0.39, 0.29) is 29.8 Å². The summed E-state index contributed by atoms with van der Waals surface area (Å²) < 4.78 is 19.1. The first kappa shape index (κ1) is 23.1. The average molecular weight is 526 g/mol. The van der Waals surface area contributed by atoms with Gasteiger partial charge in [0.2, 0.25) is 5.88 Å². The molecule has 0 amide bonds. The van der Waals surface area contributed by atoms with Crippen LogP contribution in [0.5, 0.6) is 11.6 Å². The maximum Gasteiger partial charge on any atom is 0.224 e. The van der Waals surface area contributed by atoms with Gasteiger partial charge < -0.3 is 15.4 Å². The van der Waals surface area contributed by atoms with Crippen LogP contribution in [0.4, 0.5) is 4.39 Å². The van der Waals surface area contributed by atoms with Crippen molar-refractivity contribution in [1.29, 1.82) is 0 Å². The van der Waals surface area contributed by atoms with Crippen molar-refractivity contribution in [3.05, 3.63) is 76.4 Å². The normalized spacial score (nSPS) is 12.0. The van der Waals surface area contributed by atoms with Crippen LogP contribution in [0.1, 0.15) is 24.0 Å².